The van der Waals surface area contributed by atoms with Crippen molar-refractivity contribution in [2.24, 2.45) is 0 Å². The Hall–Kier alpha value is -3.96. The molecule has 0 bridgehead atoms. The number of carbonyl (C=O) groups is 1. The lowest BCUT2D eigenvalue weighted by atomic mass is 9.86. The minimum Gasteiger partial charge on any atom is -0.496 e. The van der Waals surface area contributed by atoms with E-state index in [0.717, 1.165) is 53.2 Å². The van der Waals surface area contributed by atoms with Gasteiger partial charge < -0.3 is 19.3 Å². The van der Waals surface area contributed by atoms with Crippen LogP contribution in [0.1, 0.15) is 65.2 Å². The van der Waals surface area contributed by atoms with Crippen LogP contribution in [0.2, 0.25) is 0 Å². The van der Waals surface area contributed by atoms with Gasteiger partial charge in [-0.2, -0.15) is 5.26 Å². The van der Waals surface area contributed by atoms with E-state index in [1.165, 1.54) is 6.20 Å². The van der Waals surface area contributed by atoms with Crippen molar-refractivity contribution in [2.45, 2.75) is 46.6 Å². The SMILES string of the molecule is CCOc1cc([C@H](C)N2CCc3c(cc(CCN(C)CC)cc3-c3c(OC)ccnc3C)C2=O)ncc1C#N. The molecule has 0 unspecified atom stereocenters. The lowest BCUT2D eigenvalue weighted by Gasteiger charge is -2.35. The molecule has 3 heterocycles. The van der Waals surface area contributed by atoms with E-state index in [1.807, 2.05) is 31.7 Å². The molecular formula is C31H37N5O3. The predicted molar refractivity (Wildman–Crippen MR) is 151 cm³/mol. The predicted octanol–water partition coefficient (Wildman–Crippen LogP) is 4.98. The topological polar surface area (TPSA) is 91.6 Å². The lowest BCUT2D eigenvalue weighted by Crippen LogP contribution is -2.40. The Morgan fingerprint density at radius 3 is 2.64 bits per heavy atom. The Morgan fingerprint density at radius 2 is 1.95 bits per heavy atom. The summed E-state index contributed by atoms with van der Waals surface area (Å²) in [7, 11) is 3.77. The Morgan fingerprint density at radius 1 is 1.18 bits per heavy atom. The molecule has 1 aromatic carbocycles. The number of carbonyl (C=O) groups excluding carboxylic acids is 1. The first-order valence-corrected chi connectivity index (χ1v) is 13.5. The zero-order valence-electron chi connectivity index (χ0n) is 23.7. The molecule has 0 fully saturated rings. The monoisotopic (exact) mass is 527 g/mol. The van der Waals surface area contributed by atoms with Gasteiger partial charge in [-0.3, -0.25) is 14.8 Å². The van der Waals surface area contributed by atoms with Gasteiger partial charge in [-0.05, 0) is 76.0 Å². The molecule has 1 amide bonds. The maximum absolute atomic E-state index is 14.1. The smallest absolute Gasteiger partial charge is 0.254 e. The molecule has 0 saturated carbocycles. The van der Waals surface area contributed by atoms with E-state index in [1.54, 1.807) is 19.4 Å². The molecule has 204 valence electrons. The second kappa shape index (κ2) is 12.3. The average molecular weight is 528 g/mol. The number of benzene rings is 1. The highest BCUT2D eigenvalue weighted by Gasteiger charge is 2.32. The molecule has 1 atom stereocenters. The van der Waals surface area contributed by atoms with Crippen LogP contribution in [0.5, 0.6) is 11.5 Å². The van der Waals surface area contributed by atoms with Crippen LogP contribution < -0.4 is 9.47 Å². The number of fused-ring (bicyclic) bond motifs is 1. The Balaban J connectivity index is 1.78. The van der Waals surface area contributed by atoms with Crippen molar-refractivity contribution in [3.63, 3.8) is 0 Å². The van der Waals surface area contributed by atoms with Crippen molar-refractivity contribution in [2.75, 3.05) is 40.4 Å². The van der Waals surface area contributed by atoms with Crippen molar-refractivity contribution in [1.82, 2.24) is 19.8 Å². The van der Waals surface area contributed by atoms with Crippen LogP contribution in [-0.2, 0) is 12.8 Å². The van der Waals surface area contributed by atoms with Gasteiger partial charge in [-0.1, -0.05) is 13.0 Å². The third-order valence-electron chi connectivity index (χ3n) is 7.52. The second-order valence-corrected chi connectivity index (χ2v) is 9.86. The second-order valence-electron chi connectivity index (χ2n) is 9.86. The average Bonchev–Trinajstić information content (AvgIpc) is 2.95. The minimum atomic E-state index is -0.286. The van der Waals surface area contributed by atoms with Gasteiger partial charge in [0, 0.05) is 48.4 Å². The summed E-state index contributed by atoms with van der Waals surface area (Å²) >= 11 is 0. The van der Waals surface area contributed by atoms with Gasteiger partial charge in [0.05, 0.1) is 25.5 Å². The van der Waals surface area contributed by atoms with E-state index >= 15 is 0 Å². The van der Waals surface area contributed by atoms with Gasteiger partial charge in [0.2, 0.25) is 0 Å². The molecule has 0 spiro atoms. The number of ether oxygens (including phenoxy) is 2. The molecule has 1 aliphatic rings. The first kappa shape index (κ1) is 28.1. The highest BCUT2D eigenvalue weighted by molar-refractivity contribution is 5.99. The summed E-state index contributed by atoms with van der Waals surface area (Å²) in [5.41, 5.74) is 6.73. The maximum atomic E-state index is 14.1. The molecule has 0 aliphatic carbocycles. The molecule has 1 aliphatic heterocycles. The summed E-state index contributed by atoms with van der Waals surface area (Å²) in [6, 6.07) is 9.75. The van der Waals surface area contributed by atoms with E-state index in [-0.39, 0.29) is 11.9 Å². The number of hydrogen-bond donors (Lipinski definition) is 0. The number of likely N-dealkylation sites (N-methyl/N-ethyl adjacent to an activating group) is 1. The quantitative estimate of drug-likeness (QED) is 0.367. The van der Waals surface area contributed by atoms with Crippen LogP contribution in [0.3, 0.4) is 0 Å². The molecule has 8 nitrogen and oxygen atoms in total. The van der Waals surface area contributed by atoms with Crippen LogP contribution in [0.4, 0.5) is 0 Å². The summed E-state index contributed by atoms with van der Waals surface area (Å²) in [6.45, 7) is 10.8. The Labute approximate surface area is 231 Å². The zero-order valence-corrected chi connectivity index (χ0v) is 23.7. The number of nitriles is 1. The Bertz CT molecular complexity index is 1400. The summed E-state index contributed by atoms with van der Waals surface area (Å²) in [5.74, 6) is 1.21. The van der Waals surface area contributed by atoms with Crippen molar-refractivity contribution in [3.8, 4) is 28.7 Å². The molecule has 0 saturated heterocycles. The van der Waals surface area contributed by atoms with Gasteiger partial charge in [-0.15, -0.1) is 0 Å². The number of amides is 1. The first-order chi connectivity index (χ1) is 18.8. The third-order valence-corrected chi connectivity index (χ3v) is 7.52. The molecule has 2 aromatic heterocycles. The van der Waals surface area contributed by atoms with Crippen molar-refractivity contribution in [1.29, 1.82) is 5.26 Å². The molecule has 4 rings (SSSR count). The fraction of sp³-hybridized carbons (Fsp3) is 0.419. The van der Waals surface area contributed by atoms with Gasteiger partial charge in [0.25, 0.3) is 5.91 Å². The normalized spacial score (nSPS) is 13.7. The molecule has 0 N–H and O–H groups in total. The highest BCUT2D eigenvalue weighted by Crippen LogP contribution is 2.39. The van der Waals surface area contributed by atoms with E-state index in [2.05, 4.69) is 47.0 Å². The van der Waals surface area contributed by atoms with E-state index in [9.17, 15) is 10.1 Å². The third kappa shape index (κ3) is 5.74. The largest absolute Gasteiger partial charge is 0.496 e. The molecular weight excluding hydrogens is 490 g/mol. The summed E-state index contributed by atoms with van der Waals surface area (Å²) in [6.07, 6.45) is 4.79. The van der Waals surface area contributed by atoms with E-state index in [0.29, 0.717) is 42.1 Å². The number of aryl methyl sites for hydroxylation is 1. The number of pyridine rings is 2. The summed E-state index contributed by atoms with van der Waals surface area (Å²) in [5, 5.41) is 9.42. The van der Waals surface area contributed by atoms with Crippen LogP contribution in [0, 0.1) is 18.3 Å². The van der Waals surface area contributed by atoms with Gasteiger partial charge in [-0.25, -0.2) is 0 Å². The van der Waals surface area contributed by atoms with Crippen molar-refractivity contribution >= 4 is 5.91 Å². The van der Waals surface area contributed by atoms with Crippen LogP contribution in [-0.4, -0.2) is 66.1 Å². The number of aromatic nitrogens is 2. The zero-order chi connectivity index (χ0) is 28.1. The first-order valence-electron chi connectivity index (χ1n) is 13.5. The van der Waals surface area contributed by atoms with Crippen LogP contribution in [0.25, 0.3) is 11.1 Å². The number of methoxy groups -OCH3 is 1. The van der Waals surface area contributed by atoms with Crippen LogP contribution in [0.15, 0.2) is 36.7 Å². The number of rotatable bonds is 10. The lowest BCUT2D eigenvalue weighted by molar-refractivity contribution is 0.0669. The van der Waals surface area contributed by atoms with Gasteiger partial charge >= 0.3 is 0 Å². The van der Waals surface area contributed by atoms with Gasteiger partial charge in [0.15, 0.2) is 0 Å². The van der Waals surface area contributed by atoms with Gasteiger partial charge in [0.1, 0.15) is 23.1 Å². The van der Waals surface area contributed by atoms with Crippen molar-refractivity contribution < 1.29 is 14.3 Å². The number of nitrogens with zero attached hydrogens (tertiary/aromatic N) is 5. The Kier molecular flexibility index (Phi) is 8.82. The molecule has 39 heavy (non-hydrogen) atoms. The van der Waals surface area contributed by atoms with E-state index < -0.39 is 0 Å². The summed E-state index contributed by atoms with van der Waals surface area (Å²) in [4.78, 5) is 27.3. The molecule has 8 heteroatoms. The number of hydrogen-bond acceptors (Lipinski definition) is 7. The fourth-order valence-corrected chi connectivity index (χ4v) is 5.14. The fourth-order valence-electron chi connectivity index (χ4n) is 5.14. The molecule has 0 radical (unpaired) electrons. The van der Waals surface area contributed by atoms with E-state index in [4.69, 9.17) is 9.47 Å². The highest BCUT2D eigenvalue weighted by atomic mass is 16.5. The summed E-state index contributed by atoms with van der Waals surface area (Å²) < 4.78 is 11.4. The standard InChI is InChI=1S/C31H37N5O3/c1-7-35(5)13-10-22-15-25(30-20(3)33-12-9-28(30)38-6)24-11-14-36(31(37)26(24)16-22)21(4)27-17-29(39-8-2)23(18-32)19-34-27/h9,12,15-17,19,21H,7-8,10-11,13-14H2,1-6H3/t21-/m0/s1. The minimum absolute atomic E-state index is 0.0275. The maximum Gasteiger partial charge on any atom is 0.254 e. The van der Waals surface area contributed by atoms with Crippen molar-refractivity contribution in [3.05, 3.63) is 70.3 Å². The molecule has 3 aromatic rings. The van der Waals surface area contributed by atoms with Crippen LogP contribution >= 0.6 is 0 Å².